The average Bonchev–Trinajstić information content (AvgIpc) is 3.08. The Morgan fingerprint density at radius 2 is 2.07 bits per heavy atom. The molecular weight excluding hydrogens is 365 g/mol. The van der Waals surface area contributed by atoms with Crippen LogP contribution in [0.2, 0.25) is 0 Å². The number of alkyl halides is 3. The highest BCUT2D eigenvalue weighted by Crippen LogP contribution is 2.29. The van der Waals surface area contributed by atoms with Crippen LogP contribution in [0.5, 0.6) is 0 Å². The number of hydrogen-bond acceptors (Lipinski definition) is 6. The Labute approximate surface area is 152 Å². The molecule has 1 aliphatic rings. The summed E-state index contributed by atoms with van der Waals surface area (Å²) in [6.45, 7) is 1.41. The molecule has 2 unspecified atom stereocenters. The molecule has 0 fully saturated rings. The Morgan fingerprint density at radius 1 is 1.33 bits per heavy atom. The summed E-state index contributed by atoms with van der Waals surface area (Å²) < 4.78 is 48.5. The van der Waals surface area contributed by atoms with Crippen LogP contribution < -0.4 is 0 Å². The number of carbonyl (C=O) groups excluding carboxylic acids is 1. The summed E-state index contributed by atoms with van der Waals surface area (Å²) in [5.41, 5.74) is -0.0659. The second-order valence-electron chi connectivity index (χ2n) is 5.99. The number of tetrazole rings is 1. The first-order valence-electron chi connectivity index (χ1n) is 8.21. The van der Waals surface area contributed by atoms with Crippen molar-refractivity contribution < 1.29 is 27.4 Å². The van der Waals surface area contributed by atoms with Crippen LogP contribution in [0.1, 0.15) is 36.5 Å². The lowest BCUT2D eigenvalue weighted by Crippen LogP contribution is -2.28. The second-order valence-corrected chi connectivity index (χ2v) is 5.99. The van der Waals surface area contributed by atoms with E-state index in [4.69, 9.17) is 9.47 Å². The standard InChI is InChI=1S/C17H17F3N4O3/c1-11(25)26-10-14-3-2-4-16(27-14)24-22-15(21-23-24)9-12-5-7-13(8-6-12)17(18,19)20/h2-3,5-8,14,16H,4,9-10H2,1H3. The molecular formula is C17H17F3N4O3. The van der Waals surface area contributed by atoms with E-state index in [1.54, 1.807) is 6.08 Å². The van der Waals surface area contributed by atoms with Crippen LogP contribution in [0.25, 0.3) is 0 Å². The van der Waals surface area contributed by atoms with Crippen molar-refractivity contribution in [2.75, 3.05) is 6.61 Å². The van der Waals surface area contributed by atoms with Gasteiger partial charge < -0.3 is 9.47 Å². The molecule has 0 radical (unpaired) electrons. The van der Waals surface area contributed by atoms with Gasteiger partial charge in [0.05, 0.1) is 5.56 Å². The van der Waals surface area contributed by atoms with Gasteiger partial charge >= 0.3 is 12.1 Å². The molecule has 2 aromatic rings. The summed E-state index contributed by atoms with van der Waals surface area (Å²) in [6, 6.07) is 4.82. The van der Waals surface area contributed by atoms with Crippen molar-refractivity contribution in [2.45, 2.75) is 38.3 Å². The fourth-order valence-corrected chi connectivity index (χ4v) is 2.54. The molecule has 0 bridgehead atoms. The monoisotopic (exact) mass is 382 g/mol. The largest absolute Gasteiger partial charge is 0.463 e. The molecule has 3 rings (SSSR count). The molecule has 0 aliphatic carbocycles. The SMILES string of the molecule is CC(=O)OCC1C=CCC(n2nnc(Cc3ccc(C(F)(F)F)cc3)n2)O1. The maximum absolute atomic E-state index is 12.6. The molecule has 0 spiro atoms. The molecule has 0 saturated heterocycles. The third-order valence-corrected chi connectivity index (χ3v) is 3.84. The predicted molar refractivity (Wildman–Crippen MR) is 86.4 cm³/mol. The maximum Gasteiger partial charge on any atom is 0.416 e. The van der Waals surface area contributed by atoms with Crippen LogP contribution in [0.4, 0.5) is 13.2 Å². The molecule has 1 aromatic heterocycles. The number of carbonyl (C=O) groups is 1. The average molecular weight is 382 g/mol. The lowest BCUT2D eigenvalue weighted by molar-refractivity contribution is -0.148. The normalized spacial score (nSPS) is 19.9. The summed E-state index contributed by atoms with van der Waals surface area (Å²) in [4.78, 5) is 12.2. The predicted octanol–water partition coefficient (Wildman–Crippen LogP) is 2.69. The minimum Gasteiger partial charge on any atom is -0.463 e. The van der Waals surface area contributed by atoms with Gasteiger partial charge in [-0.15, -0.1) is 15.0 Å². The van der Waals surface area contributed by atoms with Gasteiger partial charge in [0.25, 0.3) is 0 Å². The van der Waals surface area contributed by atoms with E-state index >= 15 is 0 Å². The molecule has 1 aliphatic heterocycles. The Bertz CT molecular complexity index is 818. The molecule has 2 atom stereocenters. The van der Waals surface area contributed by atoms with Gasteiger partial charge in [0.15, 0.2) is 12.1 Å². The Hall–Kier alpha value is -2.75. The number of halogens is 3. The Morgan fingerprint density at radius 3 is 2.74 bits per heavy atom. The van der Waals surface area contributed by atoms with Crippen molar-refractivity contribution in [3.63, 3.8) is 0 Å². The van der Waals surface area contributed by atoms with Gasteiger partial charge in [0.2, 0.25) is 0 Å². The molecule has 144 valence electrons. The van der Waals surface area contributed by atoms with E-state index in [1.165, 1.54) is 23.9 Å². The Kier molecular flexibility index (Phi) is 5.54. The zero-order valence-corrected chi connectivity index (χ0v) is 14.4. The smallest absolute Gasteiger partial charge is 0.416 e. The van der Waals surface area contributed by atoms with Crippen LogP contribution in [0.3, 0.4) is 0 Å². The van der Waals surface area contributed by atoms with Gasteiger partial charge in [-0.1, -0.05) is 24.3 Å². The summed E-state index contributed by atoms with van der Waals surface area (Å²) in [5.74, 6) is -0.0312. The summed E-state index contributed by atoms with van der Waals surface area (Å²) in [6.07, 6.45) is -0.833. The molecule has 0 saturated carbocycles. The Balaban J connectivity index is 1.61. The van der Waals surface area contributed by atoms with Crippen LogP contribution in [-0.2, 0) is 26.9 Å². The van der Waals surface area contributed by atoms with E-state index in [9.17, 15) is 18.0 Å². The summed E-state index contributed by atoms with van der Waals surface area (Å²) in [5, 5.41) is 12.1. The van der Waals surface area contributed by atoms with Crippen molar-refractivity contribution in [3.05, 3.63) is 53.4 Å². The highest BCUT2D eigenvalue weighted by molar-refractivity contribution is 5.65. The van der Waals surface area contributed by atoms with Gasteiger partial charge in [0.1, 0.15) is 12.7 Å². The van der Waals surface area contributed by atoms with Crippen LogP contribution in [-0.4, -0.2) is 38.9 Å². The van der Waals surface area contributed by atoms with E-state index in [0.717, 1.165) is 12.1 Å². The molecule has 2 heterocycles. The first kappa shape index (κ1) is 19.0. The molecule has 1 aromatic carbocycles. The van der Waals surface area contributed by atoms with Crippen molar-refractivity contribution in [2.24, 2.45) is 0 Å². The minimum atomic E-state index is -4.37. The van der Waals surface area contributed by atoms with Crippen LogP contribution in [0, 0.1) is 0 Å². The van der Waals surface area contributed by atoms with Gasteiger partial charge in [-0.05, 0) is 22.9 Å². The maximum atomic E-state index is 12.6. The summed E-state index contributed by atoms with van der Waals surface area (Å²) >= 11 is 0. The molecule has 0 amide bonds. The fraction of sp³-hybridized carbons (Fsp3) is 0.412. The molecule has 10 heteroatoms. The lowest BCUT2D eigenvalue weighted by Gasteiger charge is -2.24. The minimum absolute atomic E-state index is 0.0927. The number of esters is 1. The number of aromatic nitrogens is 4. The third kappa shape index (κ3) is 5.13. The molecule has 27 heavy (non-hydrogen) atoms. The number of benzene rings is 1. The zero-order chi connectivity index (χ0) is 19.4. The lowest BCUT2D eigenvalue weighted by atomic mass is 10.1. The fourth-order valence-electron chi connectivity index (χ4n) is 2.54. The van der Waals surface area contributed by atoms with Gasteiger partial charge in [-0.3, -0.25) is 4.79 Å². The van der Waals surface area contributed by atoms with Gasteiger partial charge in [-0.2, -0.15) is 13.2 Å². The zero-order valence-electron chi connectivity index (χ0n) is 14.4. The van der Waals surface area contributed by atoms with Crippen molar-refractivity contribution in [1.82, 2.24) is 20.2 Å². The first-order chi connectivity index (χ1) is 12.8. The highest BCUT2D eigenvalue weighted by Gasteiger charge is 2.30. The van der Waals surface area contributed by atoms with Crippen molar-refractivity contribution in [3.8, 4) is 0 Å². The number of rotatable bonds is 5. The topological polar surface area (TPSA) is 79.1 Å². The van der Waals surface area contributed by atoms with E-state index in [2.05, 4.69) is 15.4 Å². The van der Waals surface area contributed by atoms with Crippen LogP contribution >= 0.6 is 0 Å². The first-order valence-corrected chi connectivity index (χ1v) is 8.21. The second kappa shape index (κ2) is 7.87. The van der Waals surface area contributed by atoms with Gasteiger partial charge in [0, 0.05) is 19.8 Å². The number of ether oxygens (including phenoxy) is 2. The van der Waals surface area contributed by atoms with E-state index in [1.807, 2.05) is 6.08 Å². The molecule has 0 N–H and O–H groups in total. The van der Waals surface area contributed by atoms with E-state index in [0.29, 0.717) is 17.8 Å². The summed E-state index contributed by atoms with van der Waals surface area (Å²) in [7, 11) is 0. The van der Waals surface area contributed by atoms with E-state index < -0.39 is 30.0 Å². The quantitative estimate of drug-likeness (QED) is 0.584. The third-order valence-electron chi connectivity index (χ3n) is 3.84. The van der Waals surface area contributed by atoms with Gasteiger partial charge in [-0.25, -0.2) is 0 Å². The number of hydrogen-bond donors (Lipinski definition) is 0. The number of nitrogens with zero attached hydrogens (tertiary/aromatic N) is 4. The highest BCUT2D eigenvalue weighted by atomic mass is 19.4. The van der Waals surface area contributed by atoms with Crippen molar-refractivity contribution in [1.29, 1.82) is 0 Å². The molecule has 7 nitrogen and oxygen atoms in total. The van der Waals surface area contributed by atoms with Crippen molar-refractivity contribution >= 4 is 5.97 Å². The van der Waals surface area contributed by atoms with E-state index in [-0.39, 0.29) is 13.0 Å². The van der Waals surface area contributed by atoms with Crippen LogP contribution in [0.15, 0.2) is 36.4 Å².